The van der Waals surface area contributed by atoms with Crippen LogP contribution in [0, 0.1) is 0 Å². The zero-order valence-corrected chi connectivity index (χ0v) is 9.61. The normalized spacial score (nSPS) is 27.5. The summed E-state index contributed by atoms with van der Waals surface area (Å²) in [5, 5.41) is 5.71. The molecule has 3 heterocycles. The quantitative estimate of drug-likeness (QED) is 0.632. The van der Waals surface area contributed by atoms with Crippen LogP contribution in [0.1, 0.15) is 12.8 Å². The molecular weight excluding hydrogens is 226 g/mol. The number of hydrogen-bond donors (Lipinski definition) is 2. The van der Waals surface area contributed by atoms with E-state index in [-0.39, 0.29) is 18.4 Å². The maximum absolute atomic E-state index is 10.9. The van der Waals surface area contributed by atoms with Crippen LogP contribution in [0.25, 0.3) is 0 Å². The Kier molecular flexibility index (Phi) is 4.16. The largest absolute Gasteiger partial charge is 0.447 e. The highest BCUT2D eigenvalue weighted by Gasteiger charge is 2.31. The van der Waals surface area contributed by atoms with E-state index in [0.29, 0.717) is 19.8 Å². The van der Waals surface area contributed by atoms with Crippen molar-refractivity contribution in [3.8, 4) is 0 Å². The molecule has 0 radical (unpaired) electrons. The molecule has 0 saturated carbocycles. The van der Waals surface area contributed by atoms with Gasteiger partial charge < -0.3 is 14.8 Å². The molecule has 3 aliphatic heterocycles. The van der Waals surface area contributed by atoms with Gasteiger partial charge in [0.05, 0.1) is 13.2 Å². The SMILES string of the molecule is O=C1CCCN1.O=C1OCCN1C1NCCO1. The molecule has 7 heteroatoms. The van der Waals surface area contributed by atoms with Crippen molar-refractivity contribution in [2.45, 2.75) is 19.2 Å². The number of rotatable bonds is 1. The van der Waals surface area contributed by atoms with Gasteiger partial charge in [0.25, 0.3) is 0 Å². The van der Waals surface area contributed by atoms with Crippen molar-refractivity contribution in [3.05, 3.63) is 0 Å². The monoisotopic (exact) mass is 243 g/mol. The minimum atomic E-state index is -0.288. The number of carbonyl (C=O) groups excluding carboxylic acids is 2. The van der Waals surface area contributed by atoms with Crippen molar-refractivity contribution in [2.24, 2.45) is 0 Å². The van der Waals surface area contributed by atoms with Crippen LogP contribution in [0.5, 0.6) is 0 Å². The van der Waals surface area contributed by atoms with Crippen LogP contribution in [0.15, 0.2) is 0 Å². The van der Waals surface area contributed by atoms with Crippen molar-refractivity contribution in [2.75, 3.05) is 32.8 Å². The van der Waals surface area contributed by atoms with Gasteiger partial charge in [0.15, 0.2) is 6.35 Å². The van der Waals surface area contributed by atoms with E-state index >= 15 is 0 Å². The number of amides is 2. The summed E-state index contributed by atoms with van der Waals surface area (Å²) in [5.74, 6) is 0.204. The highest BCUT2D eigenvalue weighted by Crippen LogP contribution is 2.10. The van der Waals surface area contributed by atoms with Gasteiger partial charge in [-0.15, -0.1) is 0 Å². The van der Waals surface area contributed by atoms with Crippen molar-refractivity contribution < 1.29 is 19.1 Å². The fraction of sp³-hybridized carbons (Fsp3) is 0.800. The Morgan fingerprint density at radius 2 is 2.12 bits per heavy atom. The third-order valence-electron chi connectivity index (χ3n) is 2.67. The second-order valence-electron chi connectivity index (χ2n) is 3.94. The van der Waals surface area contributed by atoms with Gasteiger partial charge in [-0.1, -0.05) is 0 Å². The lowest BCUT2D eigenvalue weighted by molar-refractivity contribution is -0.119. The fourth-order valence-corrected chi connectivity index (χ4v) is 1.80. The van der Waals surface area contributed by atoms with Gasteiger partial charge in [-0.3, -0.25) is 15.0 Å². The summed E-state index contributed by atoms with van der Waals surface area (Å²) in [6, 6.07) is 0. The first kappa shape index (κ1) is 12.1. The Hall–Kier alpha value is -1.34. The Bertz CT molecular complexity index is 283. The maximum Gasteiger partial charge on any atom is 0.413 e. The molecule has 1 unspecified atom stereocenters. The van der Waals surface area contributed by atoms with Gasteiger partial charge >= 0.3 is 6.09 Å². The Morgan fingerprint density at radius 3 is 2.53 bits per heavy atom. The molecular formula is C10H17N3O4. The molecule has 3 rings (SSSR count). The molecule has 17 heavy (non-hydrogen) atoms. The third-order valence-corrected chi connectivity index (χ3v) is 2.67. The van der Waals surface area contributed by atoms with Gasteiger partial charge in [-0.05, 0) is 6.42 Å². The number of nitrogens with one attached hydrogen (secondary N) is 2. The van der Waals surface area contributed by atoms with Crippen LogP contribution in [0.3, 0.4) is 0 Å². The second kappa shape index (κ2) is 5.83. The summed E-state index contributed by atoms with van der Waals surface area (Å²) in [4.78, 5) is 22.6. The summed E-state index contributed by atoms with van der Waals surface area (Å²) in [5.41, 5.74) is 0. The molecule has 7 nitrogen and oxygen atoms in total. The lowest BCUT2D eigenvalue weighted by Gasteiger charge is -2.19. The van der Waals surface area contributed by atoms with Gasteiger partial charge in [-0.25, -0.2) is 4.79 Å². The molecule has 2 amide bonds. The molecule has 0 aromatic rings. The Morgan fingerprint density at radius 1 is 1.24 bits per heavy atom. The molecule has 0 aromatic heterocycles. The van der Waals surface area contributed by atoms with Gasteiger partial charge in [0, 0.05) is 19.5 Å². The zero-order valence-electron chi connectivity index (χ0n) is 9.61. The molecule has 3 fully saturated rings. The van der Waals surface area contributed by atoms with E-state index in [2.05, 4.69) is 10.6 Å². The average molecular weight is 243 g/mol. The van der Waals surface area contributed by atoms with Crippen molar-refractivity contribution >= 4 is 12.0 Å². The van der Waals surface area contributed by atoms with Crippen LogP contribution < -0.4 is 10.6 Å². The summed E-state index contributed by atoms with van der Waals surface area (Å²) in [6.45, 7) is 3.44. The maximum atomic E-state index is 10.9. The number of nitrogens with zero attached hydrogens (tertiary/aromatic N) is 1. The first-order chi connectivity index (χ1) is 8.27. The first-order valence-electron chi connectivity index (χ1n) is 5.82. The van der Waals surface area contributed by atoms with E-state index in [1.54, 1.807) is 4.90 Å². The number of ether oxygens (including phenoxy) is 2. The second-order valence-corrected chi connectivity index (χ2v) is 3.94. The summed E-state index contributed by atoms with van der Waals surface area (Å²) in [6.07, 6.45) is 1.22. The zero-order chi connectivity index (χ0) is 12.1. The predicted molar refractivity (Wildman–Crippen MR) is 58.0 cm³/mol. The Balaban J connectivity index is 0.000000153. The van der Waals surface area contributed by atoms with Gasteiger partial charge in [-0.2, -0.15) is 0 Å². The number of hydrogen-bond acceptors (Lipinski definition) is 5. The van der Waals surface area contributed by atoms with Crippen molar-refractivity contribution in [1.82, 2.24) is 15.5 Å². The van der Waals surface area contributed by atoms with Crippen molar-refractivity contribution in [1.29, 1.82) is 0 Å². The highest BCUT2D eigenvalue weighted by molar-refractivity contribution is 5.77. The van der Waals surface area contributed by atoms with Crippen LogP contribution >= 0.6 is 0 Å². The number of carbonyl (C=O) groups is 2. The fourth-order valence-electron chi connectivity index (χ4n) is 1.80. The first-order valence-corrected chi connectivity index (χ1v) is 5.82. The third kappa shape index (κ3) is 3.31. The molecule has 96 valence electrons. The van der Waals surface area contributed by atoms with E-state index in [0.717, 1.165) is 25.9 Å². The average Bonchev–Trinajstić information content (AvgIpc) is 2.99. The van der Waals surface area contributed by atoms with Crippen LogP contribution in [0.4, 0.5) is 4.79 Å². The topological polar surface area (TPSA) is 79.9 Å². The molecule has 0 aromatic carbocycles. The molecule has 3 saturated heterocycles. The van der Waals surface area contributed by atoms with E-state index in [1.807, 2.05) is 0 Å². The highest BCUT2D eigenvalue weighted by atomic mass is 16.6. The lowest BCUT2D eigenvalue weighted by Crippen LogP contribution is -2.43. The number of cyclic esters (lactones) is 1. The summed E-state index contributed by atoms with van der Waals surface area (Å²) < 4.78 is 9.97. The molecule has 2 N–H and O–H groups in total. The Labute approximate surface area is 99.4 Å². The lowest BCUT2D eigenvalue weighted by atomic mass is 10.4. The molecule has 0 spiro atoms. The van der Waals surface area contributed by atoms with Crippen LogP contribution in [-0.4, -0.2) is 56.1 Å². The van der Waals surface area contributed by atoms with E-state index < -0.39 is 0 Å². The van der Waals surface area contributed by atoms with E-state index in [4.69, 9.17) is 9.47 Å². The predicted octanol–water partition coefficient (Wildman–Crippen LogP) is -0.762. The minimum Gasteiger partial charge on any atom is -0.447 e. The van der Waals surface area contributed by atoms with Crippen LogP contribution in [-0.2, 0) is 14.3 Å². The van der Waals surface area contributed by atoms with Crippen molar-refractivity contribution in [3.63, 3.8) is 0 Å². The summed E-state index contributed by atoms with van der Waals surface area (Å²) in [7, 11) is 0. The van der Waals surface area contributed by atoms with Gasteiger partial charge in [0.1, 0.15) is 6.61 Å². The molecule has 0 aliphatic carbocycles. The summed E-state index contributed by atoms with van der Waals surface area (Å²) >= 11 is 0. The molecule has 3 aliphatic rings. The smallest absolute Gasteiger partial charge is 0.413 e. The van der Waals surface area contributed by atoms with E-state index in [1.165, 1.54) is 0 Å². The van der Waals surface area contributed by atoms with Gasteiger partial charge in [0.2, 0.25) is 5.91 Å². The van der Waals surface area contributed by atoms with E-state index in [9.17, 15) is 9.59 Å². The molecule has 0 bridgehead atoms. The minimum absolute atomic E-state index is 0.204. The standard InChI is InChI=1S/C6H10N2O3.C4H7NO/c9-6-8(2-4-11-6)5-7-1-3-10-5;6-4-2-1-3-5-4/h5,7H,1-4H2;1-3H2,(H,5,6). The molecule has 1 atom stereocenters. The van der Waals surface area contributed by atoms with Crippen LogP contribution in [0.2, 0.25) is 0 Å².